The zero-order valence-electron chi connectivity index (χ0n) is 9.68. The molecule has 98 valence electrons. The SMILES string of the molecule is CC(C(=O)O)(N1CC2(CCCC2)C1)C(F)(F)F. The molecule has 1 aliphatic heterocycles. The van der Waals surface area contributed by atoms with E-state index in [0.717, 1.165) is 37.5 Å². The van der Waals surface area contributed by atoms with Gasteiger partial charge in [0.15, 0.2) is 0 Å². The Morgan fingerprint density at radius 3 is 2.06 bits per heavy atom. The number of aliphatic carboxylic acids is 1. The van der Waals surface area contributed by atoms with Crippen LogP contribution in [-0.2, 0) is 4.79 Å². The van der Waals surface area contributed by atoms with Gasteiger partial charge < -0.3 is 5.11 Å². The van der Waals surface area contributed by atoms with Crippen LogP contribution in [0.2, 0.25) is 0 Å². The zero-order valence-corrected chi connectivity index (χ0v) is 9.68. The number of carboxylic acid groups (broad SMARTS) is 1. The number of hydrogen-bond acceptors (Lipinski definition) is 2. The molecule has 2 fully saturated rings. The summed E-state index contributed by atoms with van der Waals surface area (Å²) in [6.07, 6.45) is -0.791. The predicted octanol–water partition coefficient (Wildman–Crippen LogP) is 2.27. The quantitative estimate of drug-likeness (QED) is 0.818. The van der Waals surface area contributed by atoms with E-state index in [0.29, 0.717) is 0 Å². The number of halogens is 3. The molecule has 1 heterocycles. The molecule has 1 saturated heterocycles. The summed E-state index contributed by atoms with van der Waals surface area (Å²) in [7, 11) is 0. The van der Waals surface area contributed by atoms with Crippen molar-refractivity contribution in [3.63, 3.8) is 0 Å². The van der Waals surface area contributed by atoms with Gasteiger partial charge in [-0.05, 0) is 25.2 Å². The van der Waals surface area contributed by atoms with Crippen molar-refractivity contribution in [1.82, 2.24) is 4.90 Å². The Bertz CT molecular complexity index is 328. The second-order valence-electron chi connectivity index (χ2n) is 5.44. The molecular formula is C11H16F3NO2. The maximum absolute atomic E-state index is 12.9. The molecule has 6 heteroatoms. The monoisotopic (exact) mass is 251 g/mol. The third kappa shape index (κ3) is 1.73. The summed E-state index contributed by atoms with van der Waals surface area (Å²) in [6, 6.07) is 0. The average molecular weight is 251 g/mol. The van der Waals surface area contributed by atoms with Crippen LogP contribution in [0.3, 0.4) is 0 Å². The molecule has 2 aliphatic rings. The molecule has 2 rings (SSSR count). The van der Waals surface area contributed by atoms with Gasteiger partial charge in [-0.25, -0.2) is 4.79 Å². The molecule has 0 radical (unpaired) electrons. The maximum atomic E-state index is 12.9. The minimum atomic E-state index is -4.74. The van der Waals surface area contributed by atoms with Crippen LogP contribution in [0.25, 0.3) is 0 Å². The molecule has 0 aromatic heterocycles. The van der Waals surface area contributed by atoms with Crippen LogP contribution < -0.4 is 0 Å². The first-order valence-corrected chi connectivity index (χ1v) is 5.76. The smallest absolute Gasteiger partial charge is 0.417 e. The van der Waals surface area contributed by atoms with Crippen LogP contribution in [0, 0.1) is 5.41 Å². The van der Waals surface area contributed by atoms with Crippen molar-refractivity contribution in [2.45, 2.75) is 44.3 Å². The molecule has 1 spiro atoms. The molecule has 0 aromatic carbocycles. The van der Waals surface area contributed by atoms with E-state index in [1.54, 1.807) is 0 Å². The molecule has 1 N–H and O–H groups in total. The molecule has 1 saturated carbocycles. The number of likely N-dealkylation sites (tertiary alicyclic amines) is 1. The zero-order chi connectivity index (χ0) is 12.9. The summed E-state index contributed by atoms with van der Waals surface area (Å²) in [6.45, 7) is 1.28. The lowest BCUT2D eigenvalue weighted by Crippen LogP contribution is -2.71. The fourth-order valence-corrected chi connectivity index (χ4v) is 2.96. The maximum Gasteiger partial charge on any atom is 0.417 e. The highest BCUT2D eigenvalue weighted by molar-refractivity contribution is 5.79. The molecular weight excluding hydrogens is 235 g/mol. The van der Waals surface area contributed by atoms with Gasteiger partial charge in [-0.2, -0.15) is 13.2 Å². The van der Waals surface area contributed by atoms with Crippen LogP contribution in [0.5, 0.6) is 0 Å². The number of alkyl halides is 3. The van der Waals surface area contributed by atoms with E-state index in [-0.39, 0.29) is 18.5 Å². The van der Waals surface area contributed by atoms with E-state index in [2.05, 4.69) is 0 Å². The Balaban J connectivity index is 2.13. The largest absolute Gasteiger partial charge is 0.480 e. The van der Waals surface area contributed by atoms with Crippen LogP contribution in [0.15, 0.2) is 0 Å². The average Bonchev–Trinajstić information content (AvgIpc) is 2.60. The van der Waals surface area contributed by atoms with E-state index in [9.17, 15) is 18.0 Å². The Morgan fingerprint density at radius 2 is 1.71 bits per heavy atom. The molecule has 1 atom stereocenters. The molecule has 1 unspecified atom stereocenters. The number of hydrogen-bond donors (Lipinski definition) is 1. The van der Waals surface area contributed by atoms with Crippen molar-refractivity contribution in [1.29, 1.82) is 0 Å². The third-order valence-corrected chi connectivity index (χ3v) is 4.32. The van der Waals surface area contributed by atoms with Crippen molar-refractivity contribution in [3.8, 4) is 0 Å². The van der Waals surface area contributed by atoms with Crippen LogP contribution in [0.1, 0.15) is 32.6 Å². The topological polar surface area (TPSA) is 40.5 Å². The summed E-state index contributed by atoms with van der Waals surface area (Å²) in [5, 5.41) is 8.87. The van der Waals surface area contributed by atoms with Crippen LogP contribution in [-0.4, -0.2) is 40.8 Å². The Hall–Kier alpha value is -0.780. The van der Waals surface area contributed by atoms with Gasteiger partial charge in [-0.3, -0.25) is 4.90 Å². The molecule has 1 aliphatic carbocycles. The van der Waals surface area contributed by atoms with Gasteiger partial charge in [0.1, 0.15) is 0 Å². The molecule has 0 bridgehead atoms. The first kappa shape index (κ1) is 12.7. The minimum Gasteiger partial charge on any atom is -0.480 e. The fourth-order valence-electron chi connectivity index (χ4n) is 2.96. The summed E-state index contributed by atoms with van der Waals surface area (Å²) >= 11 is 0. The summed E-state index contributed by atoms with van der Waals surface area (Å²) in [5.41, 5.74) is -2.78. The molecule has 0 aromatic rings. The van der Waals surface area contributed by atoms with Crippen molar-refractivity contribution >= 4 is 5.97 Å². The fraction of sp³-hybridized carbons (Fsp3) is 0.909. The Morgan fingerprint density at radius 1 is 1.24 bits per heavy atom. The third-order valence-electron chi connectivity index (χ3n) is 4.32. The van der Waals surface area contributed by atoms with Gasteiger partial charge >= 0.3 is 12.1 Å². The van der Waals surface area contributed by atoms with Crippen LogP contribution >= 0.6 is 0 Å². The second kappa shape index (κ2) is 3.60. The van der Waals surface area contributed by atoms with Gasteiger partial charge in [0.05, 0.1) is 0 Å². The highest BCUT2D eigenvalue weighted by atomic mass is 19.4. The molecule has 17 heavy (non-hydrogen) atoms. The normalized spacial score (nSPS) is 27.8. The van der Waals surface area contributed by atoms with Gasteiger partial charge in [-0.15, -0.1) is 0 Å². The van der Waals surface area contributed by atoms with Gasteiger partial charge in [0.2, 0.25) is 5.54 Å². The Labute approximate surface area is 97.6 Å². The lowest BCUT2D eigenvalue weighted by Gasteiger charge is -2.54. The van der Waals surface area contributed by atoms with E-state index in [4.69, 9.17) is 5.11 Å². The van der Waals surface area contributed by atoms with Crippen molar-refractivity contribution < 1.29 is 23.1 Å². The van der Waals surface area contributed by atoms with Crippen molar-refractivity contribution in [3.05, 3.63) is 0 Å². The number of rotatable bonds is 2. The lowest BCUT2D eigenvalue weighted by atomic mass is 9.75. The highest BCUT2D eigenvalue weighted by Gasteiger charge is 2.65. The molecule has 0 amide bonds. The molecule has 3 nitrogen and oxygen atoms in total. The van der Waals surface area contributed by atoms with E-state index in [1.807, 2.05) is 0 Å². The van der Waals surface area contributed by atoms with E-state index < -0.39 is 17.7 Å². The second-order valence-corrected chi connectivity index (χ2v) is 5.44. The predicted molar refractivity (Wildman–Crippen MR) is 54.6 cm³/mol. The number of carbonyl (C=O) groups is 1. The van der Waals surface area contributed by atoms with E-state index in [1.165, 1.54) is 0 Å². The Kier molecular flexibility index (Phi) is 2.69. The summed E-state index contributed by atoms with van der Waals surface area (Å²) in [4.78, 5) is 12.0. The summed E-state index contributed by atoms with van der Waals surface area (Å²) < 4.78 is 38.6. The first-order chi connectivity index (χ1) is 7.71. The number of nitrogens with zero attached hydrogens (tertiary/aromatic N) is 1. The lowest BCUT2D eigenvalue weighted by molar-refractivity contribution is -0.254. The van der Waals surface area contributed by atoms with Crippen LogP contribution in [0.4, 0.5) is 13.2 Å². The van der Waals surface area contributed by atoms with Crippen molar-refractivity contribution in [2.24, 2.45) is 5.41 Å². The number of carboxylic acids is 1. The standard InChI is InChI=1S/C11H16F3NO2/c1-9(8(16)17,11(12,13)14)15-6-10(7-15)4-2-3-5-10/h2-7H2,1H3,(H,16,17). The first-order valence-electron chi connectivity index (χ1n) is 5.76. The minimum absolute atomic E-state index is 0.0397. The van der Waals surface area contributed by atoms with E-state index >= 15 is 0 Å². The van der Waals surface area contributed by atoms with Gasteiger partial charge in [0, 0.05) is 13.1 Å². The highest BCUT2D eigenvalue weighted by Crippen LogP contribution is 2.50. The van der Waals surface area contributed by atoms with Gasteiger partial charge in [-0.1, -0.05) is 12.8 Å². The summed E-state index contributed by atoms with van der Waals surface area (Å²) in [5.74, 6) is -1.81. The van der Waals surface area contributed by atoms with Gasteiger partial charge in [0.25, 0.3) is 0 Å². The van der Waals surface area contributed by atoms with Crippen molar-refractivity contribution in [2.75, 3.05) is 13.1 Å².